The molecule has 0 saturated heterocycles. The molecule has 0 radical (unpaired) electrons. The Kier molecular flexibility index (Phi) is 8.33. The van der Waals surface area contributed by atoms with Gasteiger partial charge in [0.25, 0.3) is 0 Å². The number of hydrogen-bond donors (Lipinski definition) is 2. The number of aliphatic hydroxyl groups is 1. The predicted octanol–water partition coefficient (Wildman–Crippen LogP) is 2.91. The lowest BCUT2D eigenvalue weighted by atomic mass is 9.79. The highest BCUT2D eigenvalue weighted by atomic mass is 32.2. The van der Waals surface area contributed by atoms with Crippen LogP contribution >= 0.6 is 11.8 Å². The third-order valence-electron chi connectivity index (χ3n) is 3.78. The molecule has 1 aliphatic carbocycles. The van der Waals surface area contributed by atoms with E-state index in [1.165, 1.54) is 31.4 Å². The molecule has 102 valence electrons. The van der Waals surface area contributed by atoms with Crippen LogP contribution in [0.3, 0.4) is 0 Å². The van der Waals surface area contributed by atoms with Crippen LogP contribution in [0.1, 0.15) is 46.0 Å². The molecule has 1 rings (SSSR count). The third kappa shape index (κ3) is 6.68. The van der Waals surface area contributed by atoms with Crippen LogP contribution in [0.5, 0.6) is 0 Å². The Morgan fingerprint density at radius 1 is 1.29 bits per heavy atom. The fourth-order valence-corrected chi connectivity index (χ4v) is 3.42. The Morgan fingerprint density at radius 3 is 2.82 bits per heavy atom. The van der Waals surface area contributed by atoms with Gasteiger partial charge in [-0.3, -0.25) is 0 Å². The van der Waals surface area contributed by atoms with E-state index in [9.17, 15) is 0 Å². The first-order valence-corrected chi connectivity index (χ1v) is 8.31. The van der Waals surface area contributed by atoms with Crippen molar-refractivity contribution in [1.82, 2.24) is 5.32 Å². The van der Waals surface area contributed by atoms with Crippen molar-refractivity contribution >= 4 is 11.8 Å². The van der Waals surface area contributed by atoms with E-state index in [0.29, 0.717) is 6.61 Å². The lowest BCUT2D eigenvalue weighted by Crippen LogP contribution is -2.36. The molecule has 0 aliphatic heterocycles. The second-order valence-corrected chi connectivity index (χ2v) is 6.74. The van der Waals surface area contributed by atoms with Crippen LogP contribution < -0.4 is 5.32 Å². The van der Waals surface area contributed by atoms with E-state index in [-0.39, 0.29) is 0 Å². The number of hydrogen-bond acceptors (Lipinski definition) is 3. The highest BCUT2D eigenvalue weighted by molar-refractivity contribution is 7.99. The van der Waals surface area contributed by atoms with E-state index in [2.05, 4.69) is 19.2 Å². The van der Waals surface area contributed by atoms with Crippen molar-refractivity contribution in [2.75, 3.05) is 24.7 Å². The molecule has 0 aromatic carbocycles. The molecule has 0 spiro atoms. The van der Waals surface area contributed by atoms with Gasteiger partial charge in [-0.1, -0.05) is 26.7 Å². The lowest BCUT2D eigenvalue weighted by molar-refractivity contribution is 0.234. The van der Waals surface area contributed by atoms with E-state index >= 15 is 0 Å². The van der Waals surface area contributed by atoms with Gasteiger partial charge in [-0.2, -0.15) is 11.8 Å². The third-order valence-corrected chi connectivity index (χ3v) is 4.85. The van der Waals surface area contributed by atoms with Gasteiger partial charge in [-0.15, -0.1) is 0 Å². The van der Waals surface area contributed by atoms with Crippen molar-refractivity contribution < 1.29 is 5.11 Å². The van der Waals surface area contributed by atoms with Gasteiger partial charge in [0.1, 0.15) is 0 Å². The molecule has 2 unspecified atom stereocenters. The summed E-state index contributed by atoms with van der Waals surface area (Å²) in [6, 6.07) is 0.759. The Balaban J connectivity index is 2.02. The fraction of sp³-hybridized carbons (Fsp3) is 1.00. The quantitative estimate of drug-likeness (QED) is 0.657. The monoisotopic (exact) mass is 259 g/mol. The maximum atomic E-state index is 8.68. The van der Waals surface area contributed by atoms with Crippen molar-refractivity contribution in [3.05, 3.63) is 0 Å². The molecule has 2 N–H and O–H groups in total. The standard InChI is InChI=1S/C14H29NOS/c1-12(2)13-5-3-6-14(11-13)15-7-10-17-9-4-8-16/h12-16H,3-11H2,1-2H3. The minimum absolute atomic E-state index is 0.332. The van der Waals surface area contributed by atoms with Gasteiger partial charge in [-0.25, -0.2) is 0 Å². The van der Waals surface area contributed by atoms with Crippen LogP contribution in [0.15, 0.2) is 0 Å². The zero-order chi connectivity index (χ0) is 12.5. The maximum Gasteiger partial charge on any atom is 0.0438 e. The molecule has 2 nitrogen and oxygen atoms in total. The summed E-state index contributed by atoms with van der Waals surface area (Å²) in [7, 11) is 0. The smallest absolute Gasteiger partial charge is 0.0438 e. The second kappa shape index (κ2) is 9.23. The van der Waals surface area contributed by atoms with E-state index in [1.807, 2.05) is 11.8 Å². The zero-order valence-electron chi connectivity index (χ0n) is 11.5. The van der Waals surface area contributed by atoms with Gasteiger partial charge in [0.15, 0.2) is 0 Å². The first kappa shape index (κ1) is 15.3. The molecule has 0 aromatic rings. The summed E-state index contributed by atoms with van der Waals surface area (Å²) in [4.78, 5) is 0. The molecular weight excluding hydrogens is 230 g/mol. The maximum absolute atomic E-state index is 8.68. The van der Waals surface area contributed by atoms with Crippen molar-refractivity contribution in [1.29, 1.82) is 0 Å². The van der Waals surface area contributed by atoms with Gasteiger partial charge in [0, 0.05) is 24.9 Å². The normalized spacial score (nSPS) is 25.4. The first-order chi connectivity index (χ1) is 8.24. The van der Waals surface area contributed by atoms with Gasteiger partial charge in [0.2, 0.25) is 0 Å². The molecular formula is C14H29NOS. The minimum Gasteiger partial charge on any atom is -0.396 e. The Hall–Kier alpha value is 0.270. The molecule has 1 aliphatic rings. The summed E-state index contributed by atoms with van der Waals surface area (Å²) in [6.45, 7) is 6.18. The highest BCUT2D eigenvalue weighted by Gasteiger charge is 2.23. The molecule has 1 saturated carbocycles. The molecule has 1 fully saturated rings. The van der Waals surface area contributed by atoms with Gasteiger partial charge < -0.3 is 10.4 Å². The summed E-state index contributed by atoms with van der Waals surface area (Å²) in [5, 5.41) is 12.4. The second-order valence-electron chi connectivity index (χ2n) is 5.51. The minimum atomic E-state index is 0.332. The van der Waals surface area contributed by atoms with Gasteiger partial charge in [0.05, 0.1) is 0 Å². The van der Waals surface area contributed by atoms with E-state index < -0.39 is 0 Å². The van der Waals surface area contributed by atoms with E-state index in [4.69, 9.17) is 5.11 Å². The Bertz CT molecular complexity index is 187. The van der Waals surface area contributed by atoms with E-state index in [1.54, 1.807) is 0 Å². The van der Waals surface area contributed by atoms with Crippen molar-refractivity contribution in [3.8, 4) is 0 Å². The van der Waals surface area contributed by atoms with Crippen LogP contribution in [0, 0.1) is 11.8 Å². The first-order valence-electron chi connectivity index (χ1n) is 7.16. The average molecular weight is 259 g/mol. The molecule has 2 atom stereocenters. The van der Waals surface area contributed by atoms with Crippen LogP contribution in [-0.2, 0) is 0 Å². The summed E-state index contributed by atoms with van der Waals surface area (Å²) >= 11 is 1.95. The molecule has 17 heavy (non-hydrogen) atoms. The van der Waals surface area contributed by atoms with Crippen LogP contribution in [0.4, 0.5) is 0 Å². The molecule has 0 amide bonds. The van der Waals surface area contributed by atoms with Crippen LogP contribution in [-0.4, -0.2) is 35.8 Å². The number of aliphatic hydroxyl groups excluding tert-OH is 1. The summed E-state index contributed by atoms with van der Waals surface area (Å²) in [5.41, 5.74) is 0. The highest BCUT2D eigenvalue weighted by Crippen LogP contribution is 2.29. The lowest BCUT2D eigenvalue weighted by Gasteiger charge is -2.32. The van der Waals surface area contributed by atoms with Crippen molar-refractivity contribution in [3.63, 3.8) is 0 Å². The van der Waals surface area contributed by atoms with Crippen LogP contribution in [0.2, 0.25) is 0 Å². The molecule has 0 bridgehead atoms. The molecule has 3 heteroatoms. The number of nitrogens with one attached hydrogen (secondary N) is 1. The average Bonchev–Trinajstić information content (AvgIpc) is 2.34. The number of rotatable bonds is 8. The molecule has 0 heterocycles. The largest absolute Gasteiger partial charge is 0.396 e. The van der Waals surface area contributed by atoms with Crippen molar-refractivity contribution in [2.24, 2.45) is 11.8 Å². The zero-order valence-corrected chi connectivity index (χ0v) is 12.3. The Labute approximate surface area is 111 Å². The van der Waals surface area contributed by atoms with Crippen molar-refractivity contribution in [2.45, 2.75) is 52.0 Å². The predicted molar refractivity (Wildman–Crippen MR) is 77.6 cm³/mol. The summed E-state index contributed by atoms with van der Waals surface area (Å²) in [5.74, 6) is 4.06. The van der Waals surface area contributed by atoms with Crippen LogP contribution in [0.25, 0.3) is 0 Å². The SMILES string of the molecule is CC(C)C1CCCC(NCCSCCCO)C1. The Morgan fingerprint density at radius 2 is 2.12 bits per heavy atom. The summed E-state index contributed by atoms with van der Waals surface area (Å²) < 4.78 is 0. The summed E-state index contributed by atoms with van der Waals surface area (Å²) in [6.07, 6.45) is 6.51. The van der Waals surface area contributed by atoms with Gasteiger partial charge >= 0.3 is 0 Å². The van der Waals surface area contributed by atoms with Gasteiger partial charge in [-0.05, 0) is 36.9 Å². The van der Waals surface area contributed by atoms with E-state index in [0.717, 1.165) is 36.6 Å². The topological polar surface area (TPSA) is 32.3 Å². The number of thioether (sulfide) groups is 1. The fourth-order valence-electron chi connectivity index (χ4n) is 2.62. The molecule has 0 aromatic heterocycles.